The SMILES string of the molecule is COc1ccc(C23Oc4cc(O)cc(OC)c4C2(O)C(=O)CC3c2ccccc2)cc1. The van der Waals surface area contributed by atoms with Crippen LogP contribution in [0.5, 0.6) is 23.0 Å². The van der Waals surface area contributed by atoms with Crippen LogP contribution < -0.4 is 14.2 Å². The Bertz CT molecular complexity index is 1160. The molecule has 2 N–H and O–H groups in total. The van der Waals surface area contributed by atoms with E-state index in [1.54, 1.807) is 31.4 Å². The number of carbonyl (C=O) groups is 1. The molecule has 158 valence electrons. The van der Waals surface area contributed by atoms with Gasteiger partial charge in [-0.3, -0.25) is 4.79 Å². The van der Waals surface area contributed by atoms with E-state index in [9.17, 15) is 15.0 Å². The maximum absolute atomic E-state index is 13.5. The zero-order valence-corrected chi connectivity index (χ0v) is 17.2. The summed E-state index contributed by atoms with van der Waals surface area (Å²) in [7, 11) is 3.00. The first-order valence-corrected chi connectivity index (χ1v) is 10.0. The lowest BCUT2D eigenvalue weighted by Gasteiger charge is -2.39. The van der Waals surface area contributed by atoms with Gasteiger partial charge in [-0.1, -0.05) is 42.5 Å². The number of aromatic hydroxyl groups is 1. The van der Waals surface area contributed by atoms with Gasteiger partial charge in [-0.05, 0) is 17.7 Å². The number of ketones is 1. The van der Waals surface area contributed by atoms with Crippen LogP contribution in [-0.2, 0) is 16.0 Å². The predicted octanol–water partition coefficient (Wildman–Crippen LogP) is 3.64. The molecule has 3 atom stereocenters. The Hall–Kier alpha value is -3.51. The molecule has 3 aromatic rings. The molecule has 0 spiro atoms. The molecule has 0 saturated heterocycles. The molecule has 6 heteroatoms. The van der Waals surface area contributed by atoms with Crippen molar-refractivity contribution in [2.75, 3.05) is 14.2 Å². The summed E-state index contributed by atoms with van der Waals surface area (Å²) in [5.41, 5.74) is -1.67. The summed E-state index contributed by atoms with van der Waals surface area (Å²) in [6.45, 7) is 0. The molecule has 0 radical (unpaired) electrons. The van der Waals surface area contributed by atoms with Crippen molar-refractivity contribution in [3.63, 3.8) is 0 Å². The Labute approximate surface area is 179 Å². The van der Waals surface area contributed by atoms with Crippen LogP contribution >= 0.6 is 0 Å². The van der Waals surface area contributed by atoms with E-state index in [2.05, 4.69) is 0 Å². The van der Waals surface area contributed by atoms with Crippen molar-refractivity contribution in [2.45, 2.75) is 23.5 Å². The number of hydrogen-bond acceptors (Lipinski definition) is 6. The largest absolute Gasteiger partial charge is 0.508 e. The molecule has 1 aliphatic carbocycles. The summed E-state index contributed by atoms with van der Waals surface area (Å²) in [6, 6.07) is 19.5. The Morgan fingerprint density at radius 2 is 1.71 bits per heavy atom. The molecule has 1 fully saturated rings. The first-order chi connectivity index (χ1) is 15.0. The van der Waals surface area contributed by atoms with Gasteiger partial charge in [0.1, 0.15) is 23.0 Å². The highest BCUT2D eigenvalue weighted by Crippen LogP contribution is 2.67. The Balaban J connectivity index is 1.82. The average molecular weight is 418 g/mol. The minimum Gasteiger partial charge on any atom is -0.508 e. The van der Waals surface area contributed by atoms with Crippen molar-refractivity contribution >= 4 is 5.78 Å². The van der Waals surface area contributed by atoms with Crippen LogP contribution in [0, 0.1) is 0 Å². The van der Waals surface area contributed by atoms with Gasteiger partial charge in [-0.15, -0.1) is 0 Å². The topological polar surface area (TPSA) is 85.2 Å². The third kappa shape index (κ3) is 2.45. The van der Waals surface area contributed by atoms with E-state index >= 15 is 0 Å². The van der Waals surface area contributed by atoms with Gasteiger partial charge in [0.2, 0.25) is 0 Å². The van der Waals surface area contributed by atoms with Crippen LogP contribution in [0.1, 0.15) is 29.0 Å². The molecule has 1 heterocycles. The minimum absolute atomic E-state index is 0.0761. The molecule has 31 heavy (non-hydrogen) atoms. The monoisotopic (exact) mass is 418 g/mol. The quantitative estimate of drug-likeness (QED) is 0.673. The van der Waals surface area contributed by atoms with E-state index in [4.69, 9.17) is 14.2 Å². The molecule has 2 aliphatic rings. The van der Waals surface area contributed by atoms with Gasteiger partial charge in [-0.2, -0.15) is 0 Å². The highest BCUT2D eigenvalue weighted by molar-refractivity contribution is 5.97. The molecule has 3 aromatic carbocycles. The highest BCUT2D eigenvalue weighted by atomic mass is 16.5. The molecule has 1 saturated carbocycles. The molecule has 3 unspecified atom stereocenters. The van der Waals surface area contributed by atoms with Crippen LogP contribution in [0.25, 0.3) is 0 Å². The summed E-state index contributed by atoms with van der Waals surface area (Å²) in [5, 5.41) is 22.3. The van der Waals surface area contributed by atoms with Crippen LogP contribution in [0.4, 0.5) is 0 Å². The molecular weight excluding hydrogens is 396 g/mol. The normalized spacial score (nSPS) is 26.2. The van der Waals surface area contributed by atoms with Crippen molar-refractivity contribution < 1.29 is 29.2 Å². The lowest BCUT2D eigenvalue weighted by atomic mass is 9.71. The van der Waals surface area contributed by atoms with Gasteiger partial charge in [0, 0.05) is 30.0 Å². The number of fused-ring (bicyclic) bond motifs is 3. The van der Waals surface area contributed by atoms with Crippen molar-refractivity contribution in [1.29, 1.82) is 0 Å². The van der Waals surface area contributed by atoms with Crippen LogP contribution in [0.15, 0.2) is 66.7 Å². The highest BCUT2D eigenvalue weighted by Gasteiger charge is 2.74. The third-order valence-corrected chi connectivity index (χ3v) is 6.45. The van der Waals surface area contributed by atoms with Crippen LogP contribution in [-0.4, -0.2) is 30.2 Å². The molecular formula is C25H22O6. The zero-order chi connectivity index (χ0) is 21.8. The summed E-state index contributed by atoms with van der Waals surface area (Å²) in [5.74, 6) is 0.181. The summed E-state index contributed by atoms with van der Waals surface area (Å²) in [6.07, 6.45) is 0.0933. The molecule has 5 rings (SSSR count). The number of methoxy groups -OCH3 is 2. The lowest BCUT2D eigenvalue weighted by Crippen LogP contribution is -2.50. The van der Waals surface area contributed by atoms with Crippen molar-refractivity contribution in [3.8, 4) is 23.0 Å². The summed E-state index contributed by atoms with van der Waals surface area (Å²) in [4.78, 5) is 13.5. The second-order valence-electron chi connectivity index (χ2n) is 7.89. The average Bonchev–Trinajstić information content (AvgIpc) is 3.19. The fraction of sp³-hybridized carbons (Fsp3) is 0.240. The maximum atomic E-state index is 13.5. The van der Waals surface area contributed by atoms with E-state index in [1.807, 2.05) is 30.3 Å². The van der Waals surface area contributed by atoms with E-state index in [-0.39, 0.29) is 35.0 Å². The first kappa shape index (κ1) is 19.5. The standard InChI is InChI=1S/C25H22O6/c1-29-18-10-8-16(9-11-18)25-19(15-6-4-3-5-7-15)14-22(27)24(25,28)23-20(30-2)12-17(26)13-21(23)31-25/h3-13,19,26,28H,14H2,1-2H3. The van der Waals surface area contributed by atoms with E-state index < -0.39 is 17.1 Å². The number of phenols is 1. The summed E-state index contributed by atoms with van der Waals surface area (Å²) < 4.78 is 17.2. The van der Waals surface area contributed by atoms with Gasteiger partial charge >= 0.3 is 0 Å². The van der Waals surface area contributed by atoms with Gasteiger partial charge in [0.05, 0.1) is 19.8 Å². The van der Waals surface area contributed by atoms with Gasteiger partial charge in [0.25, 0.3) is 0 Å². The number of phenolic OH excluding ortho intramolecular Hbond substituents is 1. The summed E-state index contributed by atoms with van der Waals surface area (Å²) >= 11 is 0. The fourth-order valence-electron chi connectivity index (χ4n) is 5.10. The van der Waals surface area contributed by atoms with Gasteiger partial charge in [-0.25, -0.2) is 0 Å². The fourth-order valence-corrected chi connectivity index (χ4v) is 5.10. The predicted molar refractivity (Wildman–Crippen MR) is 113 cm³/mol. The number of ether oxygens (including phenoxy) is 3. The van der Waals surface area contributed by atoms with Crippen LogP contribution in [0.3, 0.4) is 0 Å². The second-order valence-corrected chi connectivity index (χ2v) is 7.89. The van der Waals surface area contributed by atoms with E-state index in [0.717, 1.165) is 5.56 Å². The Morgan fingerprint density at radius 3 is 2.35 bits per heavy atom. The van der Waals surface area contributed by atoms with Crippen LogP contribution in [0.2, 0.25) is 0 Å². The zero-order valence-electron chi connectivity index (χ0n) is 17.2. The second kappa shape index (κ2) is 6.75. The number of benzene rings is 3. The number of hydrogen-bond donors (Lipinski definition) is 2. The first-order valence-electron chi connectivity index (χ1n) is 10.0. The Morgan fingerprint density at radius 1 is 1.00 bits per heavy atom. The van der Waals surface area contributed by atoms with Gasteiger partial charge < -0.3 is 24.4 Å². The molecule has 1 aliphatic heterocycles. The van der Waals surface area contributed by atoms with Crippen molar-refractivity contribution in [1.82, 2.24) is 0 Å². The minimum atomic E-state index is -1.99. The number of rotatable bonds is 4. The number of carbonyl (C=O) groups excluding carboxylic acids is 1. The Kier molecular flexibility index (Phi) is 4.24. The van der Waals surface area contributed by atoms with Gasteiger partial charge in [0.15, 0.2) is 17.0 Å². The molecule has 0 aromatic heterocycles. The number of Topliss-reactive ketones (excluding diaryl/α,β-unsaturated/α-hetero) is 1. The van der Waals surface area contributed by atoms with Crippen molar-refractivity contribution in [2.24, 2.45) is 0 Å². The molecule has 0 bridgehead atoms. The molecule has 0 amide bonds. The van der Waals surface area contributed by atoms with E-state index in [1.165, 1.54) is 19.2 Å². The van der Waals surface area contributed by atoms with Crippen molar-refractivity contribution in [3.05, 3.63) is 83.4 Å². The maximum Gasteiger partial charge on any atom is 0.200 e. The van der Waals surface area contributed by atoms with E-state index in [0.29, 0.717) is 11.3 Å². The smallest absolute Gasteiger partial charge is 0.200 e. The number of aliphatic hydroxyl groups is 1. The lowest BCUT2D eigenvalue weighted by molar-refractivity contribution is -0.151. The molecule has 6 nitrogen and oxygen atoms in total. The third-order valence-electron chi connectivity index (χ3n) is 6.45.